The van der Waals surface area contributed by atoms with Crippen molar-refractivity contribution in [3.05, 3.63) is 52.7 Å². The van der Waals surface area contributed by atoms with Gasteiger partial charge in [0.1, 0.15) is 5.76 Å². The van der Waals surface area contributed by atoms with Crippen LogP contribution in [0.15, 0.2) is 34.9 Å². The topological polar surface area (TPSA) is 38.1 Å². The van der Waals surface area contributed by atoms with Gasteiger partial charge in [-0.3, -0.25) is 0 Å². The summed E-state index contributed by atoms with van der Waals surface area (Å²) in [6, 6.07) is 8.05. The molecule has 0 saturated carbocycles. The van der Waals surface area contributed by atoms with Crippen LogP contribution >= 0.6 is 11.6 Å². The third kappa shape index (κ3) is 3.34. The Hall–Kier alpha value is -1.32. The molecule has 0 aliphatic rings. The number of halogens is 1. The molecule has 0 amide bonds. The molecule has 1 unspecified atom stereocenters. The zero-order valence-electron chi connectivity index (χ0n) is 10.6. The molecule has 4 heteroatoms. The van der Waals surface area contributed by atoms with Gasteiger partial charge in [0.2, 0.25) is 5.89 Å². The lowest BCUT2D eigenvalue weighted by atomic mass is 10.1. The van der Waals surface area contributed by atoms with Crippen LogP contribution in [0.4, 0.5) is 0 Å². The highest BCUT2D eigenvalue weighted by atomic mass is 35.5. The highest BCUT2D eigenvalue weighted by Gasteiger charge is 2.07. The van der Waals surface area contributed by atoms with Crippen molar-refractivity contribution in [2.45, 2.75) is 32.9 Å². The number of nitrogens with zero attached hydrogens (tertiary/aromatic N) is 1. The van der Waals surface area contributed by atoms with Gasteiger partial charge in [0.05, 0.1) is 12.7 Å². The van der Waals surface area contributed by atoms with Gasteiger partial charge in [0.25, 0.3) is 0 Å². The molecular formula is C14H17ClN2O. The van der Waals surface area contributed by atoms with Crippen molar-refractivity contribution in [2.75, 3.05) is 0 Å². The first-order valence-electron chi connectivity index (χ1n) is 6.11. The van der Waals surface area contributed by atoms with Crippen molar-refractivity contribution in [3.63, 3.8) is 0 Å². The predicted octanol–water partition coefficient (Wildman–Crippen LogP) is 3.74. The summed E-state index contributed by atoms with van der Waals surface area (Å²) in [4.78, 5) is 4.21. The maximum Gasteiger partial charge on any atom is 0.208 e. The summed E-state index contributed by atoms with van der Waals surface area (Å²) in [6.07, 6.45) is 2.65. The molecule has 1 heterocycles. The second-order valence-electron chi connectivity index (χ2n) is 4.23. The fraction of sp³-hybridized carbons (Fsp3) is 0.357. The van der Waals surface area contributed by atoms with Crippen LogP contribution in [-0.4, -0.2) is 4.98 Å². The van der Waals surface area contributed by atoms with E-state index in [-0.39, 0.29) is 6.04 Å². The maximum atomic E-state index is 5.97. The molecule has 0 bridgehead atoms. The lowest BCUT2D eigenvalue weighted by molar-refractivity contribution is 0.424. The average molecular weight is 265 g/mol. The second kappa shape index (κ2) is 6.03. The summed E-state index contributed by atoms with van der Waals surface area (Å²) in [5.41, 5.74) is 1.16. The van der Waals surface area contributed by atoms with Gasteiger partial charge in [-0.1, -0.05) is 30.7 Å². The summed E-state index contributed by atoms with van der Waals surface area (Å²) in [5.74, 6) is 1.64. The van der Waals surface area contributed by atoms with Crippen molar-refractivity contribution in [1.29, 1.82) is 0 Å². The van der Waals surface area contributed by atoms with E-state index >= 15 is 0 Å². The highest BCUT2D eigenvalue weighted by molar-refractivity contribution is 6.30. The number of aryl methyl sites for hydroxylation is 1. The van der Waals surface area contributed by atoms with E-state index in [4.69, 9.17) is 16.0 Å². The zero-order valence-corrected chi connectivity index (χ0v) is 11.4. The van der Waals surface area contributed by atoms with E-state index in [1.54, 1.807) is 6.20 Å². The highest BCUT2D eigenvalue weighted by Crippen LogP contribution is 2.17. The first kappa shape index (κ1) is 13.1. The molecule has 1 atom stereocenters. The molecule has 2 aromatic rings. The predicted molar refractivity (Wildman–Crippen MR) is 72.6 cm³/mol. The summed E-state index contributed by atoms with van der Waals surface area (Å²) in [5, 5.41) is 4.12. The normalized spacial score (nSPS) is 12.6. The first-order valence-corrected chi connectivity index (χ1v) is 6.49. The molecule has 3 nitrogen and oxygen atoms in total. The van der Waals surface area contributed by atoms with E-state index in [0.29, 0.717) is 6.54 Å². The van der Waals surface area contributed by atoms with Crippen LogP contribution in [-0.2, 0) is 13.0 Å². The summed E-state index contributed by atoms with van der Waals surface area (Å²) >= 11 is 5.97. The number of aromatic nitrogens is 1. The molecule has 0 aliphatic carbocycles. The first-order chi connectivity index (χ1) is 8.69. The fourth-order valence-electron chi connectivity index (χ4n) is 1.73. The number of benzene rings is 1. The minimum absolute atomic E-state index is 0.209. The van der Waals surface area contributed by atoms with E-state index in [9.17, 15) is 0 Å². The largest absolute Gasteiger partial charge is 0.444 e. The molecule has 0 aliphatic heterocycles. The quantitative estimate of drug-likeness (QED) is 0.894. The van der Waals surface area contributed by atoms with Crippen molar-refractivity contribution in [3.8, 4) is 0 Å². The van der Waals surface area contributed by atoms with Crippen molar-refractivity contribution in [1.82, 2.24) is 10.3 Å². The Morgan fingerprint density at radius 3 is 2.94 bits per heavy atom. The van der Waals surface area contributed by atoms with Crippen LogP contribution in [0.25, 0.3) is 0 Å². The third-order valence-electron chi connectivity index (χ3n) is 2.86. The molecule has 18 heavy (non-hydrogen) atoms. The summed E-state index contributed by atoms with van der Waals surface area (Å²) < 4.78 is 5.54. The average Bonchev–Trinajstić information content (AvgIpc) is 2.84. The van der Waals surface area contributed by atoms with Gasteiger partial charge in [-0.15, -0.1) is 0 Å². The molecule has 0 spiro atoms. The number of hydrogen-bond donors (Lipinski definition) is 1. The molecule has 0 fully saturated rings. The summed E-state index contributed by atoms with van der Waals surface area (Å²) in [6.45, 7) is 4.76. The minimum Gasteiger partial charge on any atom is -0.444 e. The van der Waals surface area contributed by atoms with Gasteiger partial charge in [0, 0.05) is 17.5 Å². The summed E-state index contributed by atoms with van der Waals surface area (Å²) in [7, 11) is 0. The zero-order chi connectivity index (χ0) is 13.0. The van der Waals surface area contributed by atoms with E-state index in [2.05, 4.69) is 23.3 Å². The van der Waals surface area contributed by atoms with Crippen molar-refractivity contribution in [2.24, 2.45) is 0 Å². The van der Waals surface area contributed by atoms with Crippen LogP contribution in [0.2, 0.25) is 5.02 Å². The van der Waals surface area contributed by atoms with Crippen molar-refractivity contribution >= 4 is 11.6 Å². The SMILES string of the molecule is CCc1cnc(CNC(C)c2cccc(Cl)c2)o1. The van der Waals surface area contributed by atoms with Gasteiger partial charge in [-0.2, -0.15) is 0 Å². The number of nitrogens with one attached hydrogen (secondary N) is 1. The molecule has 1 N–H and O–H groups in total. The fourth-order valence-corrected chi connectivity index (χ4v) is 1.93. The van der Waals surface area contributed by atoms with Gasteiger partial charge in [-0.25, -0.2) is 4.98 Å². The Morgan fingerprint density at radius 1 is 1.44 bits per heavy atom. The molecule has 0 radical (unpaired) electrons. The van der Waals surface area contributed by atoms with Crippen molar-refractivity contribution < 1.29 is 4.42 Å². The van der Waals surface area contributed by atoms with Gasteiger partial charge >= 0.3 is 0 Å². The van der Waals surface area contributed by atoms with Crippen LogP contribution in [0, 0.1) is 0 Å². The molecule has 0 saturated heterocycles. The number of rotatable bonds is 5. The van der Waals surface area contributed by atoms with E-state index in [0.717, 1.165) is 28.7 Å². The Kier molecular flexibility index (Phi) is 4.39. The minimum atomic E-state index is 0.209. The Morgan fingerprint density at radius 2 is 2.28 bits per heavy atom. The number of oxazole rings is 1. The lowest BCUT2D eigenvalue weighted by Crippen LogP contribution is -2.18. The van der Waals surface area contributed by atoms with Gasteiger partial charge in [0.15, 0.2) is 0 Å². The monoisotopic (exact) mass is 264 g/mol. The van der Waals surface area contributed by atoms with Crippen LogP contribution in [0.5, 0.6) is 0 Å². The van der Waals surface area contributed by atoms with E-state index in [1.165, 1.54) is 0 Å². The molecule has 96 valence electrons. The third-order valence-corrected chi connectivity index (χ3v) is 3.09. The van der Waals surface area contributed by atoms with E-state index in [1.807, 2.05) is 25.1 Å². The lowest BCUT2D eigenvalue weighted by Gasteiger charge is -2.13. The Balaban J connectivity index is 1.93. The van der Waals surface area contributed by atoms with Crippen LogP contribution < -0.4 is 5.32 Å². The Bertz CT molecular complexity index is 510. The second-order valence-corrected chi connectivity index (χ2v) is 4.67. The molecule has 1 aromatic heterocycles. The van der Waals surface area contributed by atoms with Crippen LogP contribution in [0.1, 0.15) is 37.1 Å². The smallest absolute Gasteiger partial charge is 0.208 e. The molecular weight excluding hydrogens is 248 g/mol. The standard InChI is InChI=1S/C14H17ClN2O/c1-3-13-8-17-14(18-13)9-16-10(2)11-5-4-6-12(15)7-11/h4-8,10,16H,3,9H2,1-2H3. The molecule has 1 aromatic carbocycles. The molecule has 2 rings (SSSR count). The van der Waals surface area contributed by atoms with Gasteiger partial charge in [-0.05, 0) is 24.6 Å². The van der Waals surface area contributed by atoms with E-state index < -0.39 is 0 Å². The maximum absolute atomic E-state index is 5.97. The van der Waals surface area contributed by atoms with Gasteiger partial charge < -0.3 is 9.73 Å². The van der Waals surface area contributed by atoms with Crippen LogP contribution in [0.3, 0.4) is 0 Å². The number of hydrogen-bond acceptors (Lipinski definition) is 3. The Labute approximate surface area is 112 Å².